The minimum atomic E-state index is -2.60. The molecule has 9 heteroatoms. The maximum atomic E-state index is 11.9. The van der Waals surface area contributed by atoms with Crippen molar-refractivity contribution >= 4 is 24.3 Å². The maximum absolute atomic E-state index is 11.9. The van der Waals surface area contributed by atoms with Gasteiger partial charge in [-0.15, -0.1) is 12.4 Å². The molecule has 0 amide bonds. The molecule has 0 aliphatic heterocycles. The number of aromatic hydroxyl groups is 2. The van der Waals surface area contributed by atoms with Crippen LogP contribution in [0.3, 0.4) is 0 Å². The highest BCUT2D eigenvalue weighted by Crippen LogP contribution is 2.35. The molecule has 6 N–H and O–H groups in total. The molecule has 0 saturated carbocycles. The maximum Gasteiger partial charge on any atom is 0.351 e. The summed E-state index contributed by atoms with van der Waals surface area (Å²) in [6.07, 6.45) is 0.281. The lowest BCUT2D eigenvalue weighted by atomic mass is 9.85. The molecule has 0 saturated heterocycles. The molecule has 0 heterocycles. The molecule has 0 aliphatic rings. The van der Waals surface area contributed by atoms with Crippen LogP contribution in [0.25, 0.3) is 0 Å². The normalized spacial score (nSPS) is 13.6. The number of aliphatic hydroxyl groups is 1. The number of carboxylic acid groups (broad SMARTS) is 1. The van der Waals surface area contributed by atoms with Gasteiger partial charge in [-0.3, -0.25) is 5.73 Å². The Kier molecular flexibility index (Phi) is 8.24. The number of benzene rings is 2. The van der Waals surface area contributed by atoms with E-state index < -0.39 is 29.3 Å². The smallest absolute Gasteiger partial charge is 0.351 e. The Morgan fingerprint density at radius 2 is 1.71 bits per heavy atom. The molecule has 28 heavy (non-hydrogen) atoms. The number of esters is 1. The average Bonchev–Trinajstić information content (AvgIpc) is 2.64. The number of carbonyl (C=O) groups excluding carboxylic acids is 1. The fourth-order valence-electron chi connectivity index (χ4n) is 2.66. The highest BCUT2D eigenvalue weighted by Gasteiger charge is 2.41. The van der Waals surface area contributed by atoms with E-state index in [-0.39, 0.29) is 43.2 Å². The van der Waals surface area contributed by atoms with Crippen molar-refractivity contribution in [2.75, 3.05) is 6.61 Å². The van der Waals surface area contributed by atoms with Gasteiger partial charge in [0.1, 0.15) is 0 Å². The molecule has 1 unspecified atom stereocenters. The van der Waals surface area contributed by atoms with Gasteiger partial charge in [0.05, 0.1) is 12.2 Å². The summed E-state index contributed by atoms with van der Waals surface area (Å²) >= 11 is 0. The van der Waals surface area contributed by atoms with E-state index in [4.69, 9.17) is 10.5 Å². The summed E-state index contributed by atoms with van der Waals surface area (Å²) in [6.45, 7) is -0.00993. The number of nitrogens with two attached hydrogens (primary N) is 1. The molecule has 0 fully saturated rings. The molecule has 2 atom stereocenters. The van der Waals surface area contributed by atoms with Crippen LogP contribution >= 0.6 is 12.4 Å². The van der Waals surface area contributed by atoms with Crippen molar-refractivity contribution in [1.29, 1.82) is 0 Å². The minimum Gasteiger partial charge on any atom is -0.504 e. The van der Waals surface area contributed by atoms with Crippen LogP contribution in [-0.4, -0.2) is 44.7 Å². The van der Waals surface area contributed by atoms with E-state index in [2.05, 4.69) is 0 Å². The third kappa shape index (κ3) is 5.59. The van der Waals surface area contributed by atoms with Crippen molar-refractivity contribution in [1.82, 2.24) is 0 Å². The number of aliphatic carboxylic acids is 1. The van der Waals surface area contributed by atoms with Crippen LogP contribution in [0.4, 0.5) is 0 Å². The van der Waals surface area contributed by atoms with Gasteiger partial charge in [-0.05, 0) is 42.7 Å². The first-order valence-electron chi connectivity index (χ1n) is 8.22. The summed E-state index contributed by atoms with van der Waals surface area (Å²) in [5, 5.41) is 38.4. The molecule has 0 aliphatic carbocycles. The number of hydrogen-bond donors (Lipinski definition) is 5. The Hall–Kier alpha value is -2.81. The number of phenolic OH excluding ortho intramolecular Hbond substituents is 2. The van der Waals surface area contributed by atoms with Gasteiger partial charge in [0.2, 0.25) is 5.72 Å². The monoisotopic (exact) mass is 411 g/mol. The number of carbonyl (C=O) groups is 2. The van der Waals surface area contributed by atoms with E-state index in [9.17, 15) is 30.0 Å². The predicted octanol–water partition coefficient (Wildman–Crippen LogP) is 1.97. The standard InChI is InChI=1S/C19H21NO7.ClH/c20-19(26,18(24)25)14(13-8-9-15(21)16(22)11-13)7-4-10-27-17(23)12-5-2-1-3-6-12;/h1-3,5-6,8-9,11,14,21-22,26H,4,7,10,20H2,(H,24,25);1H/t14?,19-;/m0./s1. The van der Waals surface area contributed by atoms with Crippen LogP contribution in [-0.2, 0) is 9.53 Å². The van der Waals surface area contributed by atoms with E-state index in [0.29, 0.717) is 5.56 Å². The number of ether oxygens (including phenoxy) is 1. The molecule has 2 rings (SSSR count). The number of rotatable bonds is 8. The van der Waals surface area contributed by atoms with Crippen molar-refractivity contribution < 1.29 is 34.8 Å². The molecule has 0 spiro atoms. The van der Waals surface area contributed by atoms with Gasteiger partial charge in [0.25, 0.3) is 0 Å². The summed E-state index contributed by atoms with van der Waals surface area (Å²) in [5.41, 5.74) is 3.57. The highest BCUT2D eigenvalue weighted by atomic mass is 35.5. The van der Waals surface area contributed by atoms with Gasteiger partial charge in [0, 0.05) is 5.92 Å². The molecular weight excluding hydrogens is 390 g/mol. The van der Waals surface area contributed by atoms with Crippen LogP contribution in [0, 0.1) is 0 Å². The van der Waals surface area contributed by atoms with Crippen molar-refractivity contribution in [2.45, 2.75) is 24.5 Å². The summed E-state index contributed by atoms with van der Waals surface area (Å²) < 4.78 is 5.13. The van der Waals surface area contributed by atoms with Gasteiger partial charge in [0.15, 0.2) is 11.5 Å². The first-order valence-corrected chi connectivity index (χ1v) is 8.22. The van der Waals surface area contributed by atoms with E-state index in [1.165, 1.54) is 12.1 Å². The van der Waals surface area contributed by atoms with Gasteiger partial charge in [-0.1, -0.05) is 24.3 Å². The first kappa shape index (κ1) is 23.2. The van der Waals surface area contributed by atoms with Crippen LogP contribution in [0.2, 0.25) is 0 Å². The molecule has 0 radical (unpaired) electrons. The van der Waals surface area contributed by atoms with Crippen molar-refractivity contribution in [3.05, 3.63) is 59.7 Å². The zero-order chi connectivity index (χ0) is 20.0. The Balaban J connectivity index is 0.00000392. The van der Waals surface area contributed by atoms with Gasteiger partial charge >= 0.3 is 11.9 Å². The quantitative estimate of drug-likeness (QED) is 0.191. The zero-order valence-electron chi connectivity index (χ0n) is 14.8. The number of phenols is 2. The van der Waals surface area contributed by atoms with Crippen LogP contribution in [0.5, 0.6) is 11.5 Å². The van der Waals surface area contributed by atoms with E-state index in [1.807, 2.05) is 0 Å². The lowest BCUT2D eigenvalue weighted by Gasteiger charge is -2.29. The fraction of sp³-hybridized carbons (Fsp3) is 0.263. The van der Waals surface area contributed by atoms with Gasteiger partial charge in [-0.2, -0.15) is 0 Å². The Labute approximate surface area is 167 Å². The number of carboxylic acids is 1. The highest BCUT2D eigenvalue weighted by molar-refractivity contribution is 5.89. The summed E-state index contributed by atoms with van der Waals surface area (Å²) in [4.78, 5) is 23.2. The molecule has 0 aromatic heterocycles. The molecule has 0 bridgehead atoms. The van der Waals surface area contributed by atoms with Crippen LogP contribution in [0.1, 0.15) is 34.7 Å². The van der Waals surface area contributed by atoms with Crippen LogP contribution in [0.15, 0.2) is 48.5 Å². The minimum absolute atomic E-state index is 0. The summed E-state index contributed by atoms with van der Waals surface area (Å²) in [5.74, 6) is -4.10. The molecule has 2 aromatic rings. The third-order valence-corrected chi connectivity index (χ3v) is 4.16. The lowest BCUT2D eigenvalue weighted by molar-refractivity contribution is -0.161. The fourth-order valence-corrected chi connectivity index (χ4v) is 2.66. The Bertz CT molecular complexity index is 811. The Morgan fingerprint density at radius 1 is 1.07 bits per heavy atom. The topological polar surface area (TPSA) is 150 Å². The Morgan fingerprint density at radius 3 is 2.29 bits per heavy atom. The molecule has 2 aromatic carbocycles. The van der Waals surface area contributed by atoms with Crippen molar-refractivity contribution in [3.8, 4) is 11.5 Å². The molecule has 152 valence electrons. The van der Waals surface area contributed by atoms with Gasteiger partial charge in [-0.25, -0.2) is 9.59 Å². The lowest BCUT2D eigenvalue weighted by Crippen LogP contribution is -2.53. The first-order chi connectivity index (χ1) is 12.7. The third-order valence-electron chi connectivity index (χ3n) is 4.16. The largest absolute Gasteiger partial charge is 0.504 e. The van der Waals surface area contributed by atoms with E-state index in [1.54, 1.807) is 30.3 Å². The second kappa shape index (κ2) is 9.93. The SMILES string of the molecule is Cl.N[C@@](O)(C(=O)O)C(CCCOC(=O)c1ccccc1)c1ccc(O)c(O)c1. The van der Waals surface area contributed by atoms with E-state index in [0.717, 1.165) is 6.07 Å². The molecule has 8 nitrogen and oxygen atoms in total. The average molecular weight is 412 g/mol. The van der Waals surface area contributed by atoms with Gasteiger partial charge < -0.3 is 25.2 Å². The molecular formula is C19H22ClNO7. The second-order valence-electron chi connectivity index (χ2n) is 6.08. The van der Waals surface area contributed by atoms with Crippen molar-refractivity contribution in [2.24, 2.45) is 5.73 Å². The number of halogens is 1. The second-order valence-corrected chi connectivity index (χ2v) is 6.08. The van der Waals surface area contributed by atoms with E-state index >= 15 is 0 Å². The van der Waals surface area contributed by atoms with Crippen LogP contribution < -0.4 is 5.73 Å². The van der Waals surface area contributed by atoms with Crippen molar-refractivity contribution in [3.63, 3.8) is 0 Å². The predicted molar refractivity (Wildman–Crippen MR) is 102 cm³/mol. The summed E-state index contributed by atoms with van der Waals surface area (Å²) in [7, 11) is 0. The summed E-state index contributed by atoms with van der Waals surface area (Å²) in [6, 6.07) is 12.0. The number of hydrogen-bond acceptors (Lipinski definition) is 7. The zero-order valence-corrected chi connectivity index (χ0v) is 15.6.